The van der Waals surface area contributed by atoms with Gasteiger partial charge in [-0.3, -0.25) is 0 Å². The Morgan fingerprint density at radius 2 is 1.94 bits per heavy atom. The zero-order valence-corrected chi connectivity index (χ0v) is 18.6. The van der Waals surface area contributed by atoms with Crippen LogP contribution < -0.4 is 16.4 Å². The average Bonchev–Trinajstić information content (AvgIpc) is 3.19. The maximum atomic E-state index is 13.5. The fourth-order valence-corrected chi connectivity index (χ4v) is 3.66. The van der Waals surface area contributed by atoms with Crippen molar-refractivity contribution in [3.05, 3.63) is 82.3 Å². The van der Waals surface area contributed by atoms with Crippen molar-refractivity contribution >= 4 is 29.1 Å². The van der Waals surface area contributed by atoms with Gasteiger partial charge in [0.2, 0.25) is 5.95 Å². The molecule has 0 aliphatic heterocycles. The minimum atomic E-state index is -0.423. The third-order valence-corrected chi connectivity index (χ3v) is 5.31. The van der Waals surface area contributed by atoms with Gasteiger partial charge in [0.15, 0.2) is 0 Å². The van der Waals surface area contributed by atoms with Crippen LogP contribution in [0.5, 0.6) is 0 Å². The normalized spacial score (nSPS) is 12.8. The van der Waals surface area contributed by atoms with Crippen molar-refractivity contribution in [3.8, 4) is 6.07 Å². The number of nitrogens with one attached hydrogen (secondary N) is 2. The van der Waals surface area contributed by atoms with E-state index in [1.54, 1.807) is 28.8 Å². The molecule has 8 nitrogen and oxygen atoms in total. The van der Waals surface area contributed by atoms with Gasteiger partial charge >= 0.3 is 0 Å². The minimum absolute atomic E-state index is 0.204. The highest BCUT2D eigenvalue weighted by molar-refractivity contribution is 6.30. The summed E-state index contributed by atoms with van der Waals surface area (Å²) >= 11 is 6.11. The Balaban J connectivity index is 1.57. The van der Waals surface area contributed by atoms with Crippen molar-refractivity contribution in [2.45, 2.75) is 25.4 Å². The predicted octanol–water partition coefficient (Wildman–Crippen LogP) is 4.40. The van der Waals surface area contributed by atoms with Crippen molar-refractivity contribution in [2.75, 3.05) is 17.2 Å². The van der Waals surface area contributed by atoms with E-state index < -0.39 is 6.04 Å². The van der Waals surface area contributed by atoms with Crippen LogP contribution in [0.3, 0.4) is 0 Å². The fourth-order valence-electron chi connectivity index (χ4n) is 3.47. The summed E-state index contributed by atoms with van der Waals surface area (Å²) in [5.41, 5.74) is 8.51. The summed E-state index contributed by atoms with van der Waals surface area (Å²) in [5.74, 6) is 1.03. The minimum Gasteiger partial charge on any atom is -0.368 e. The first-order valence-corrected chi connectivity index (χ1v) is 10.7. The van der Waals surface area contributed by atoms with Crippen LogP contribution in [0.25, 0.3) is 5.78 Å². The van der Waals surface area contributed by atoms with Crippen molar-refractivity contribution in [3.63, 3.8) is 0 Å². The monoisotopic (exact) mass is 464 g/mol. The Bertz CT molecular complexity index is 1320. The molecule has 0 saturated heterocycles. The van der Waals surface area contributed by atoms with Gasteiger partial charge in [-0.05, 0) is 42.3 Å². The number of fused-ring (bicyclic) bond motifs is 1. The molecule has 0 saturated carbocycles. The number of anilines is 2. The van der Waals surface area contributed by atoms with Crippen molar-refractivity contribution in [2.24, 2.45) is 5.73 Å². The molecule has 10 heteroatoms. The Morgan fingerprint density at radius 3 is 2.70 bits per heavy atom. The number of rotatable bonds is 8. The molecule has 4 rings (SSSR count). The Kier molecular flexibility index (Phi) is 6.68. The second-order valence-corrected chi connectivity index (χ2v) is 8.02. The molecule has 2 aromatic heterocycles. The van der Waals surface area contributed by atoms with E-state index in [0.717, 1.165) is 11.3 Å². The highest BCUT2D eigenvalue weighted by Crippen LogP contribution is 2.24. The van der Waals surface area contributed by atoms with E-state index in [4.69, 9.17) is 17.3 Å². The second-order valence-electron chi connectivity index (χ2n) is 7.59. The van der Waals surface area contributed by atoms with Crippen LogP contribution in [0.4, 0.5) is 16.2 Å². The van der Waals surface area contributed by atoms with Gasteiger partial charge in [-0.25, -0.2) is 9.37 Å². The van der Waals surface area contributed by atoms with E-state index in [2.05, 4.69) is 31.8 Å². The maximum absolute atomic E-state index is 13.5. The van der Waals surface area contributed by atoms with Gasteiger partial charge in [0.1, 0.15) is 11.6 Å². The molecule has 0 aliphatic rings. The van der Waals surface area contributed by atoms with Crippen LogP contribution in [0.2, 0.25) is 5.02 Å². The van der Waals surface area contributed by atoms with Crippen LogP contribution in [0.1, 0.15) is 35.3 Å². The highest BCUT2D eigenvalue weighted by atomic mass is 35.5. The number of aryl methyl sites for hydroxylation is 1. The number of benzene rings is 2. The lowest BCUT2D eigenvalue weighted by Gasteiger charge is -2.15. The number of aromatic nitrogens is 4. The summed E-state index contributed by atoms with van der Waals surface area (Å²) in [6, 6.07) is 16.7. The first kappa shape index (κ1) is 22.5. The topological polar surface area (TPSA) is 117 Å². The SMILES string of the molecule is Cc1cc(NC[C@@H](N)c2cccc(F)c2)n2nc(N[C@H](CC#N)c3cccc(Cl)c3)nc2n1. The number of halogens is 2. The van der Waals surface area contributed by atoms with Gasteiger partial charge in [-0.2, -0.15) is 14.8 Å². The first-order valence-electron chi connectivity index (χ1n) is 10.3. The third kappa shape index (κ3) is 5.37. The summed E-state index contributed by atoms with van der Waals surface area (Å²) < 4.78 is 15.1. The Morgan fingerprint density at radius 1 is 1.15 bits per heavy atom. The van der Waals surface area contributed by atoms with E-state index in [-0.39, 0.29) is 18.3 Å². The van der Waals surface area contributed by atoms with Crippen LogP contribution in [-0.4, -0.2) is 26.1 Å². The molecular formula is C23H22ClFN8. The van der Waals surface area contributed by atoms with E-state index in [0.29, 0.717) is 34.7 Å². The molecule has 0 bridgehead atoms. The smallest absolute Gasteiger partial charge is 0.256 e. The van der Waals surface area contributed by atoms with Gasteiger partial charge in [0, 0.05) is 29.4 Å². The number of hydrogen-bond acceptors (Lipinski definition) is 7. The molecular weight excluding hydrogens is 443 g/mol. The molecule has 168 valence electrons. The van der Waals surface area contributed by atoms with Crippen LogP contribution in [-0.2, 0) is 0 Å². The fraction of sp³-hybridized carbons (Fsp3) is 0.217. The molecule has 4 aromatic rings. The summed E-state index contributed by atoms with van der Waals surface area (Å²) in [7, 11) is 0. The van der Waals surface area contributed by atoms with Gasteiger partial charge in [0.05, 0.1) is 18.5 Å². The molecule has 33 heavy (non-hydrogen) atoms. The lowest BCUT2D eigenvalue weighted by Crippen LogP contribution is -2.22. The predicted molar refractivity (Wildman–Crippen MR) is 125 cm³/mol. The van der Waals surface area contributed by atoms with Gasteiger partial charge in [-0.15, -0.1) is 5.10 Å². The lowest BCUT2D eigenvalue weighted by molar-refractivity contribution is 0.621. The molecule has 0 fully saturated rings. The number of hydrogen-bond donors (Lipinski definition) is 3. The molecule has 4 N–H and O–H groups in total. The van der Waals surface area contributed by atoms with Crippen LogP contribution in [0, 0.1) is 24.1 Å². The molecule has 0 spiro atoms. The first-order chi connectivity index (χ1) is 15.9. The quantitative estimate of drug-likeness (QED) is 0.353. The molecule has 2 atom stereocenters. The van der Waals surface area contributed by atoms with Crippen molar-refractivity contribution < 1.29 is 4.39 Å². The molecule has 2 aromatic carbocycles. The van der Waals surface area contributed by atoms with E-state index in [9.17, 15) is 9.65 Å². The second kappa shape index (κ2) is 9.81. The molecule has 0 unspecified atom stereocenters. The number of nitriles is 1. The largest absolute Gasteiger partial charge is 0.368 e. The van der Waals surface area contributed by atoms with Gasteiger partial charge in [-0.1, -0.05) is 35.9 Å². The summed E-state index contributed by atoms with van der Waals surface area (Å²) in [6.07, 6.45) is 0.204. The molecule has 2 heterocycles. The molecule has 0 radical (unpaired) electrons. The highest BCUT2D eigenvalue weighted by Gasteiger charge is 2.17. The van der Waals surface area contributed by atoms with Crippen LogP contribution in [0.15, 0.2) is 54.6 Å². The molecule has 0 amide bonds. The Hall–Kier alpha value is -3.74. The van der Waals surface area contributed by atoms with Crippen molar-refractivity contribution in [1.82, 2.24) is 19.6 Å². The standard InChI is InChI=1S/C23H22ClFN8/c1-14-10-21(28-13-19(27)15-4-3-7-18(25)12-15)33-23(29-14)31-22(32-33)30-20(8-9-26)16-5-2-6-17(24)11-16/h2-7,10-12,19-20,28H,8,13,27H2,1H3,(H,30,32)/t19-,20-/m1/s1. The maximum Gasteiger partial charge on any atom is 0.256 e. The van der Waals surface area contributed by atoms with Crippen molar-refractivity contribution in [1.29, 1.82) is 5.26 Å². The zero-order valence-electron chi connectivity index (χ0n) is 17.8. The number of nitrogens with zero attached hydrogens (tertiary/aromatic N) is 5. The Labute approximate surface area is 195 Å². The van der Waals surface area contributed by atoms with Gasteiger partial charge in [0.25, 0.3) is 5.78 Å². The third-order valence-electron chi connectivity index (χ3n) is 5.07. The summed E-state index contributed by atoms with van der Waals surface area (Å²) in [6.45, 7) is 2.20. The van der Waals surface area contributed by atoms with Gasteiger partial charge < -0.3 is 16.4 Å². The van der Waals surface area contributed by atoms with E-state index in [1.807, 2.05) is 25.1 Å². The zero-order chi connectivity index (χ0) is 23.4. The summed E-state index contributed by atoms with van der Waals surface area (Å²) in [4.78, 5) is 8.90. The van der Waals surface area contributed by atoms with Crippen LogP contribution >= 0.6 is 11.6 Å². The van der Waals surface area contributed by atoms with E-state index in [1.165, 1.54) is 12.1 Å². The average molecular weight is 465 g/mol. The number of nitrogens with two attached hydrogens (primary N) is 1. The lowest BCUT2D eigenvalue weighted by atomic mass is 10.0. The molecule has 0 aliphatic carbocycles. The summed E-state index contributed by atoms with van der Waals surface area (Å²) in [5, 5.41) is 20.8. The van der Waals surface area contributed by atoms with E-state index >= 15 is 0 Å².